The maximum Gasteiger partial charge on any atom is 0.165 e. The largest absolute Gasteiger partial charge is 0.494 e. The monoisotopic (exact) mass is 288 g/mol. The van der Waals surface area contributed by atoms with Gasteiger partial charge in [-0.1, -0.05) is 6.92 Å². The highest BCUT2D eigenvalue weighted by molar-refractivity contribution is 7.91. The summed E-state index contributed by atoms with van der Waals surface area (Å²) >= 11 is 0. The predicted octanol–water partition coefficient (Wildman–Crippen LogP) is 2.23. The molecule has 0 heterocycles. The quantitative estimate of drug-likeness (QED) is 0.722. The minimum Gasteiger partial charge on any atom is -0.494 e. The van der Waals surface area contributed by atoms with Crippen LogP contribution in [0.25, 0.3) is 0 Å². The number of carbonyl (C=O) groups is 1. The Kier molecular flexibility index (Phi) is 5.47. The number of carbonyl (C=O) groups excluding carboxylic acids is 1. The molecule has 1 aromatic rings. The Morgan fingerprint density at radius 1 is 1.37 bits per heavy atom. The lowest BCUT2D eigenvalue weighted by Crippen LogP contribution is -2.10. The van der Waals surface area contributed by atoms with E-state index in [1.54, 1.807) is 6.92 Å². The van der Waals surface area contributed by atoms with Crippen LogP contribution in [0.2, 0.25) is 0 Å². The van der Waals surface area contributed by atoms with Crippen LogP contribution in [-0.4, -0.2) is 32.8 Å². The molecule has 0 N–H and O–H groups in total. The van der Waals surface area contributed by atoms with Crippen LogP contribution < -0.4 is 4.74 Å². The van der Waals surface area contributed by atoms with Crippen molar-refractivity contribution in [3.05, 3.63) is 29.6 Å². The number of hydrogen-bond donors (Lipinski definition) is 0. The van der Waals surface area contributed by atoms with Gasteiger partial charge >= 0.3 is 0 Å². The van der Waals surface area contributed by atoms with Crippen molar-refractivity contribution in [3.8, 4) is 5.75 Å². The second-order valence-corrected chi connectivity index (χ2v) is 6.59. The van der Waals surface area contributed by atoms with Crippen molar-refractivity contribution < 1.29 is 22.3 Å². The molecular weight excluding hydrogens is 271 g/mol. The van der Waals surface area contributed by atoms with Crippen molar-refractivity contribution in [1.29, 1.82) is 0 Å². The van der Waals surface area contributed by atoms with E-state index >= 15 is 0 Å². The minimum absolute atomic E-state index is 0.0200. The third-order valence-corrected chi connectivity index (χ3v) is 4.56. The summed E-state index contributed by atoms with van der Waals surface area (Å²) in [6.07, 6.45) is 0.341. The van der Waals surface area contributed by atoms with Gasteiger partial charge in [-0.2, -0.15) is 0 Å². The summed E-state index contributed by atoms with van der Waals surface area (Å²) in [6.45, 7) is 1.57. The van der Waals surface area contributed by atoms with Gasteiger partial charge in [0.15, 0.2) is 17.3 Å². The Balaban J connectivity index is 2.62. The molecule has 0 fully saturated rings. The molecule has 4 nitrogen and oxygen atoms in total. The van der Waals surface area contributed by atoms with Gasteiger partial charge in [0.05, 0.1) is 12.9 Å². The third kappa shape index (κ3) is 4.63. The van der Waals surface area contributed by atoms with Crippen LogP contribution in [0.4, 0.5) is 4.39 Å². The van der Waals surface area contributed by atoms with Crippen molar-refractivity contribution in [2.45, 2.75) is 19.8 Å². The molecule has 106 valence electrons. The molecule has 6 heteroatoms. The second-order valence-electron chi connectivity index (χ2n) is 4.11. The van der Waals surface area contributed by atoms with E-state index in [4.69, 9.17) is 4.74 Å². The van der Waals surface area contributed by atoms with E-state index in [2.05, 4.69) is 0 Å². The van der Waals surface area contributed by atoms with E-state index in [1.807, 2.05) is 0 Å². The zero-order valence-electron chi connectivity index (χ0n) is 11.0. The molecule has 19 heavy (non-hydrogen) atoms. The van der Waals surface area contributed by atoms with Gasteiger partial charge in [-0.15, -0.1) is 0 Å². The average molecular weight is 288 g/mol. The topological polar surface area (TPSA) is 60.4 Å². The van der Waals surface area contributed by atoms with Crippen molar-refractivity contribution >= 4 is 15.6 Å². The zero-order chi connectivity index (χ0) is 14.5. The van der Waals surface area contributed by atoms with Crippen molar-refractivity contribution in [3.63, 3.8) is 0 Å². The first-order chi connectivity index (χ1) is 8.89. The number of methoxy groups -OCH3 is 1. The molecule has 0 spiro atoms. The first kappa shape index (κ1) is 15.6. The van der Waals surface area contributed by atoms with Crippen molar-refractivity contribution in [2.24, 2.45) is 0 Å². The van der Waals surface area contributed by atoms with Gasteiger partial charge in [0.2, 0.25) is 0 Å². The fourth-order valence-corrected chi connectivity index (χ4v) is 2.45. The number of sulfone groups is 1. The number of Topliss-reactive ketones (excluding diaryl/α,β-unsaturated/α-hetero) is 1. The molecule has 1 aromatic carbocycles. The van der Waals surface area contributed by atoms with Crippen LogP contribution in [-0.2, 0) is 9.84 Å². The van der Waals surface area contributed by atoms with E-state index in [0.29, 0.717) is 0 Å². The third-order valence-electron chi connectivity index (χ3n) is 2.77. The van der Waals surface area contributed by atoms with Crippen LogP contribution in [0.15, 0.2) is 18.2 Å². The SMILES string of the molecule is CCS(=O)(=O)CCCC(=O)c1ccc(OC)c(F)c1. The Morgan fingerprint density at radius 3 is 2.58 bits per heavy atom. The maximum atomic E-state index is 13.4. The highest BCUT2D eigenvalue weighted by Crippen LogP contribution is 2.19. The van der Waals surface area contributed by atoms with Crippen LogP contribution in [0.3, 0.4) is 0 Å². The van der Waals surface area contributed by atoms with Crippen LogP contribution >= 0.6 is 0 Å². The lowest BCUT2D eigenvalue weighted by Gasteiger charge is -2.05. The Hall–Kier alpha value is -1.43. The molecule has 0 unspecified atom stereocenters. The molecule has 0 amide bonds. The lowest BCUT2D eigenvalue weighted by molar-refractivity contribution is 0.0981. The first-order valence-electron chi connectivity index (χ1n) is 5.96. The summed E-state index contributed by atoms with van der Waals surface area (Å²) in [5.74, 6) is -0.751. The highest BCUT2D eigenvalue weighted by Gasteiger charge is 2.12. The van der Waals surface area contributed by atoms with Crippen LogP contribution in [0.5, 0.6) is 5.75 Å². The molecule has 0 aliphatic heterocycles. The predicted molar refractivity (Wildman–Crippen MR) is 70.8 cm³/mol. The number of ketones is 1. The van der Waals surface area contributed by atoms with E-state index < -0.39 is 15.7 Å². The Labute approximate surface area is 112 Å². The van der Waals surface area contributed by atoms with Gasteiger partial charge in [-0.05, 0) is 24.6 Å². The fourth-order valence-electron chi connectivity index (χ4n) is 1.58. The van der Waals surface area contributed by atoms with Gasteiger partial charge in [-0.3, -0.25) is 4.79 Å². The zero-order valence-corrected chi connectivity index (χ0v) is 11.8. The fraction of sp³-hybridized carbons (Fsp3) is 0.462. The number of halogens is 1. The van der Waals surface area contributed by atoms with Gasteiger partial charge in [0.1, 0.15) is 9.84 Å². The first-order valence-corrected chi connectivity index (χ1v) is 7.79. The lowest BCUT2D eigenvalue weighted by atomic mass is 10.1. The standard InChI is InChI=1S/C13H17FO4S/c1-3-19(16,17)8-4-5-12(15)10-6-7-13(18-2)11(14)9-10/h6-7,9H,3-5,8H2,1-2H3. The summed E-state index contributed by atoms with van der Waals surface area (Å²) in [7, 11) is -1.72. The maximum absolute atomic E-state index is 13.4. The highest BCUT2D eigenvalue weighted by atomic mass is 32.2. The number of ether oxygens (including phenoxy) is 1. The van der Waals surface area contributed by atoms with Gasteiger partial charge in [0, 0.05) is 17.7 Å². The number of rotatable bonds is 7. The summed E-state index contributed by atoms with van der Waals surface area (Å²) in [5, 5.41) is 0. The van der Waals surface area contributed by atoms with Crippen molar-refractivity contribution in [2.75, 3.05) is 18.6 Å². The normalized spacial score (nSPS) is 11.3. The molecular formula is C13H17FO4S. The molecule has 0 atom stereocenters. The summed E-state index contributed by atoms with van der Waals surface area (Å²) < 4.78 is 40.7. The molecule has 0 bridgehead atoms. The molecule has 0 aliphatic rings. The Bertz CT molecular complexity index is 552. The molecule has 0 radical (unpaired) electrons. The number of hydrogen-bond acceptors (Lipinski definition) is 4. The summed E-state index contributed by atoms with van der Waals surface area (Å²) in [5.41, 5.74) is 0.229. The summed E-state index contributed by atoms with van der Waals surface area (Å²) in [6, 6.07) is 3.96. The average Bonchev–Trinajstić information content (AvgIpc) is 2.38. The Morgan fingerprint density at radius 2 is 2.05 bits per heavy atom. The van der Waals surface area contributed by atoms with Gasteiger partial charge in [-0.25, -0.2) is 12.8 Å². The van der Waals surface area contributed by atoms with Gasteiger partial charge < -0.3 is 4.74 Å². The van der Waals surface area contributed by atoms with Crippen LogP contribution in [0.1, 0.15) is 30.1 Å². The minimum atomic E-state index is -3.06. The van der Waals surface area contributed by atoms with E-state index in [1.165, 1.54) is 19.2 Å². The van der Waals surface area contributed by atoms with Crippen LogP contribution in [0, 0.1) is 5.82 Å². The molecule has 1 rings (SSSR count). The molecule has 0 saturated heterocycles. The molecule has 0 saturated carbocycles. The smallest absolute Gasteiger partial charge is 0.165 e. The number of benzene rings is 1. The second kappa shape index (κ2) is 6.65. The van der Waals surface area contributed by atoms with Gasteiger partial charge in [0.25, 0.3) is 0 Å². The van der Waals surface area contributed by atoms with E-state index in [9.17, 15) is 17.6 Å². The van der Waals surface area contributed by atoms with E-state index in [-0.39, 0.29) is 41.4 Å². The molecule has 0 aliphatic carbocycles. The van der Waals surface area contributed by atoms with Crippen molar-refractivity contribution in [1.82, 2.24) is 0 Å². The van der Waals surface area contributed by atoms with E-state index in [0.717, 1.165) is 6.07 Å². The molecule has 0 aromatic heterocycles. The summed E-state index contributed by atoms with van der Waals surface area (Å²) in [4.78, 5) is 11.8.